The molecule has 1 unspecified atom stereocenters. The van der Waals surface area contributed by atoms with E-state index in [0.717, 1.165) is 59.4 Å². The molecule has 6 rings (SSSR count). The Morgan fingerprint density at radius 2 is 1.53 bits per heavy atom. The number of anilines is 1. The first-order valence-corrected chi connectivity index (χ1v) is 31.0. The Morgan fingerprint density at radius 3 is 2.28 bits per heavy atom. The number of fused-ring (bicyclic) bond motifs is 2. The number of aliphatic hydroxyl groups excluding tert-OH is 7. The smallest absolute Gasteiger partial charge is 0.307 e. The lowest BCUT2D eigenvalue weighted by atomic mass is 10.0. The van der Waals surface area contributed by atoms with Crippen LogP contribution in [0.1, 0.15) is 119 Å². The number of para-hydroxylation sites is 2. The van der Waals surface area contributed by atoms with E-state index in [9.17, 15) is 50.1 Å². The fraction of sp³-hybridized carbons (Fsp3) is 0.623. The summed E-state index contributed by atoms with van der Waals surface area (Å²) in [7, 11) is 4.70. The van der Waals surface area contributed by atoms with Gasteiger partial charge < -0.3 is 78.2 Å². The highest BCUT2D eigenvalue weighted by Gasteiger charge is 2.35. The Balaban J connectivity index is 0.938. The maximum absolute atomic E-state index is 14.2. The van der Waals surface area contributed by atoms with Crippen LogP contribution in [0.3, 0.4) is 0 Å². The minimum absolute atomic E-state index is 0.0472. The van der Waals surface area contributed by atoms with Gasteiger partial charge in [-0.1, -0.05) is 68.3 Å². The molecule has 0 radical (unpaired) electrons. The number of amides is 2. The van der Waals surface area contributed by atoms with Crippen molar-refractivity contribution in [1.82, 2.24) is 62.3 Å². The number of β-amino-alcohol motifs (C(OH)–C–C–N with tert-alkyl or cyclic N) is 1. The number of hydrogen-bond donors (Lipinski definition) is 19. The molecule has 3 heterocycles. The standard InChI is InChI=1S/C61H100N16O11/c1-5-42-56(83)75-48(32-38-18-9-8-10-19-38)58(85)74-47(57(84)73-46(23-17-30-67-61(63)64-2)55(82)68-35-52(79)72-42)22-13-15-28-65-51(78)27-25-41(62)54(81)66-29-14-6-7-16-31-77-36-40-33-39(24-26-43(40)69-49(60(77)87)34-53(80)88-4)59(86)76(3)37-50-70-44-20-11-12-21-45(44)71-50/h8-12,18-21,24,26,33,41-42,46-49,51-52,54-55,57,59-60,65-66,68-69,72-73,78-79,81-82,84,86-87H,5-7,13-17,22-23,25,27-32,34-37,62H2,1-4H3,(H,70,71)(H,74,85)(H,75,83)(H3,63,64,67)/t41-,42+,46?,47+,48-,49+,51-,52-,54-,55-,57-,59+,60+/m1/s1. The molecule has 27 heteroatoms. The summed E-state index contributed by atoms with van der Waals surface area (Å²) in [5, 5.41) is 106. The molecular weight excluding hydrogens is 1130 g/mol. The van der Waals surface area contributed by atoms with Crippen molar-refractivity contribution in [2.24, 2.45) is 16.5 Å². The fourth-order valence-corrected chi connectivity index (χ4v) is 11.0. The van der Waals surface area contributed by atoms with E-state index in [4.69, 9.17) is 16.2 Å². The number of aromatic amines is 1. The van der Waals surface area contributed by atoms with E-state index >= 15 is 0 Å². The molecule has 4 aromatic rings. The van der Waals surface area contributed by atoms with Crippen LogP contribution in [0.25, 0.3) is 11.0 Å². The summed E-state index contributed by atoms with van der Waals surface area (Å²) in [5.41, 5.74) is 17.0. The van der Waals surface area contributed by atoms with Gasteiger partial charge in [0.1, 0.15) is 55.5 Å². The van der Waals surface area contributed by atoms with Crippen LogP contribution in [0, 0.1) is 0 Å². The molecule has 1 aromatic heterocycles. The number of aromatic nitrogens is 2. The lowest BCUT2D eigenvalue weighted by molar-refractivity contribution is -0.142. The van der Waals surface area contributed by atoms with Gasteiger partial charge in [-0.25, -0.2) is 4.98 Å². The summed E-state index contributed by atoms with van der Waals surface area (Å²) in [6, 6.07) is 17.8. The maximum atomic E-state index is 14.2. The van der Waals surface area contributed by atoms with Gasteiger partial charge in [0, 0.05) is 57.4 Å². The van der Waals surface area contributed by atoms with Crippen LogP contribution in [-0.2, 0) is 38.6 Å². The largest absolute Gasteiger partial charge is 0.469 e. The van der Waals surface area contributed by atoms with Crippen LogP contribution in [0.4, 0.5) is 5.69 Å². The summed E-state index contributed by atoms with van der Waals surface area (Å²) in [5.74, 6) is -0.505. The number of ether oxygens (including phenoxy) is 1. The van der Waals surface area contributed by atoms with Crippen molar-refractivity contribution >= 4 is 40.5 Å². The molecule has 1 fully saturated rings. The minimum atomic E-state index is -1.37. The zero-order valence-electron chi connectivity index (χ0n) is 51.5. The summed E-state index contributed by atoms with van der Waals surface area (Å²) in [6.07, 6.45) is -1.47. The van der Waals surface area contributed by atoms with Gasteiger partial charge in [0.15, 0.2) is 5.96 Å². The van der Waals surface area contributed by atoms with Gasteiger partial charge in [-0.15, -0.1) is 0 Å². The van der Waals surface area contributed by atoms with Gasteiger partial charge in [0.2, 0.25) is 11.8 Å². The van der Waals surface area contributed by atoms with Crippen molar-refractivity contribution in [1.29, 1.82) is 0 Å². The number of carbonyl (C=O) groups is 3. The third-order valence-corrected chi connectivity index (χ3v) is 16.2. The molecule has 0 bridgehead atoms. The molecule has 1 saturated heterocycles. The van der Waals surface area contributed by atoms with Gasteiger partial charge >= 0.3 is 5.97 Å². The van der Waals surface area contributed by atoms with Gasteiger partial charge in [0.25, 0.3) is 0 Å². The number of nitrogens with zero attached hydrogens (tertiary/aromatic N) is 4. The third kappa shape index (κ3) is 23.1. The predicted molar refractivity (Wildman–Crippen MR) is 336 cm³/mol. The van der Waals surface area contributed by atoms with E-state index in [-0.39, 0.29) is 38.2 Å². The predicted octanol–water partition coefficient (Wildman–Crippen LogP) is -0.771. The number of rotatable bonds is 31. The molecule has 13 atom stereocenters. The van der Waals surface area contributed by atoms with Crippen LogP contribution in [0.2, 0.25) is 0 Å². The SMILES string of the molecule is CC[C@@H]1N[C@H](O)CN[C@H](O)C(CCCNC(N)=NC)N[C@H](O)[C@H](CCCCN[C@H](O)CC[C@@H](N)[C@@H](O)NCCCCCCN2Cc3cc([C@H](O)N(C)Cc4nc5ccccc5[nH]4)ccc3N[C@@H](CC(=O)OC)[C@@H]2O)NC(=O)[C@@H](Cc2ccccc2)NC1=O. The molecule has 2 aliphatic rings. The molecule has 2 amide bonds. The normalized spacial score (nSPS) is 24.2. The molecule has 27 nitrogen and oxygen atoms in total. The minimum Gasteiger partial charge on any atom is -0.469 e. The maximum Gasteiger partial charge on any atom is 0.307 e. The summed E-state index contributed by atoms with van der Waals surface area (Å²) >= 11 is 0. The molecule has 0 aliphatic carbocycles. The Labute approximate surface area is 516 Å². The number of imidazole rings is 1. The second-order valence-electron chi connectivity index (χ2n) is 23.1. The van der Waals surface area contributed by atoms with Crippen molar-refractivity contribution in [2.45, 2.75) is 190 Å². The average Bonchev–Trinajstić information content (AvgIpc) is 2.41. The lowest BCUT2D eigenvalue weighted by Gasteiger charge is -2.33. The number of benzene rings is 3. The van der Waals surface area contributed by atoms with E-state index in [1.807, 2.05) is 84.7 Å². The van der Waals surface area contributed by atoms with Gasteiger partial charge in [-0.2, -0.15) is 0 Å². The highest BCUT2D eigenvalue weighted by atomic mass is 16.5. The fourth-order valence-electron chi connectivity index (χ4n) is 11.0. The molecule has 490 valence electrons. The molecule has 0 saturated carbocycles. The van der Waals surface area contributed by atoms with Gasteiger partial charge in [-0.05, 0) is 125 Å². The van der Waals surface area contributed by atoms with Crippen LogP contribution in [0.5, 0.6) is 0 Å². The quantitative estimate of drug-likeness (QED) is 0.00967. The number of aliphatic hydroxyl groups is 7. The van der Waals surface area contributed by atoms with Gasteiger partial charge in [0.05, 0.1) is 49.2 Å². The van der Waals surface area contributed by atoms with Crippen molar-refractivity contribution in [3.63, 3.8) is 0 Å². The van der Waals surface area contributed by atoms with E-state index in [1.54, 1.807) is 18.9 Å². The van der Waals surface area contributed by atoms with Gasteiger partial charge in [-0.3, -0.25) is 55.8 Å². The van der Waals surface area contributed by atoms with Crippen molar-refractivity contribution < 1.29 is 54.9 Å². The number of methoxy groups -OCH3 is 1. The Bertz CT molecular complexity index is 2700. The van der Waals surface area contributed by atoms with E-state index in [2.05, 4.69) is 62.8 Å². The molecular formula is C61H100N16O11. The lowest BCUT2D eigenvalue weighted by Crippen LogP contribution is -2.60. The molecule has 0 spiro atoms. The number of nitrogens with two attached hydrogens (primary N) is 2. The number of esters is 1. The first-order chi connectivity index (χ1) is 42.3. The van der Waals surface area contributed by atoms with Crippen LogP contribution < -0.4 is 59.3 Å². The number of aliphatic imine (C=N–C) groups is 1. The first kappa shape index (κ1) is 71.1. The molecule has 88 heavy (non-hydrogen) atoms. The average molecular weight is 1230 g/mol. The zero-order valence-corrected chi connectivity index (χ0v) is 51.5. The van der Waals surface area contributed by atoms with Crippen molar-refractivity contribution in [3.05, 3.63) is 95.3 Å². The molecule has 3 aromatic carbocycles. The van der Waals surface area contributed by atoms with Crippen molar-refractivity contribution in [2.75, 3.05) is 59.2 Å². The van der Waals surface area contributed by atoms with E-state index in [1.165, 1.54) is 7.11 Å². The highest BCUT2D eigenvalue weighted by Crippen LogP contribution is 2.31. The van der Waals surface area contributed by atoms with E-state index < -0.39 is 97.6 Å². The second-order valence-corrected chi connectivity index (χ2v) is 23.1. The molecule has 21 N–H and O–H groups in total. The number of H-pyrrole nitrogens is 1. The first-order valence-electron chi connectivity index (χ1n) is 31.0. The Kier molecular flexibility index (Phi) is 30.1. The summed E-state index contributed by atoms with van der Waals surface area (Å²) in [6.45, 7) is 4.23. The van der Waals surface area contributed by atoms with Crippen molar-refractivity contribution in [3.8, 4) is 0 Å². The molecule has 2 aliphatic heterocycles. The van der Waals surface area contributed by atoms with Crippen LogP contribution >= 0.6 is 0 Å². The van der Waals surface area contributed by atoms with E-state index in [0.29, 0.717) is 83.4 Å². The number of unbranched alkanes of at least 4 members (excludes halogenated alkanes) is 4. The summed E-state index contributed by atoms with van der Waals surface area (Å²) in [4.78, 5) is 55.9. The highest BCUT2D eigenvalue weighted by molar-refractivity contribution is 5.90. The number of hydrogen-bond acceptors (Lipinski definition) is 22. The monoisotopic (exact) mass is 1230 g/mol. The number of guanidine groups is 1. The Morgan fingerprint density at radius 1 is 0.818 bits per heavy atom. The van der Waals surface area contributed by atoms with Crippen LogP contribution in [-0.4, -0.2) is 207 Å². The second kappa shape index (κ2) is 37.2. The summed E-state index contributed by atoms with van der Waals surface area (Å²) < 4.78 is 4.96. The third-order valence-electron chi connectivity index (χ3n) is 16.2. The topological polar surface area (TPSA) is 410 Å². The number of carbonyl (C=O) groups excluding carboxylic acids is 3. The zero-order chi connectivity index (χ0) is 63.5. The Hall–Kier alpha value is -5.99. The number of nitrogens with one attached hydrogen (secondary N) is 10. The van der Waals surface area contributed by atoms with Crippen LogP contribution in [0.15, 0.2) is 77.8 Å².